The van der Waals surface area contributed by atoms with Gasteiger partial charge in [-0.25, -0.2) is 0 Å². The first-order chi connectivity index (χ1) is 7.38. The fourth-order valence-electron chi connectivity index (χ4n) is 0.991. The topological polar surface area (TPSA) is 12.9 Å². The molecule has 80 valence electrons. The Balaban J connectivity index is 0.000000921. The van der Waals surface area contributed by atoms with Crippen LogP contribution in [0.2, 0.25) is 0 Å². The van der Waals surface area contributed by atoms with Crippen LogP contribution in [-0.4, -0.2) is 4.98 Å². The molecule has 1 heteroatoms. The van der Waals surface area contributed by atoms with E-state index in [1.54, 1.807) is 6.20 Å². The van der Waals surface area contributed by atoms with Crippen LogP contribution in [0.3, 0.4) is 0 Å². The van der Waals surface area contributed by atoms with E-state index in [-0.39, 0.29) is 0 Å². The van der Waals surface area contributed by atoms with Crippen molar-refractivity contribution in [2.75, 3.05) is 0 Å². The van der Waals surface area contributed by atoms with Crippen LogP contribution in [0, 0.1) is 0 Å². The molecule has 0 atom stereocenters. The van der Waals surface area contributed by atoms with Crippen LogP contribution in [0.15, 0.2) is 55.3 Å². The van der Waals surface area contributed by atoms with Crippen molar-refractivity contribution in [3.05, 3.63) is 61.0 Å². The van der Waals surface area contributed by atoms with Gasteiger partial charge in [-0.2, -0.15) is 0 Å². The number of nitrogens with zero attached hydrogens (tertiary/aromatic N) is 1. The van der Waals surface area contributed by atoms with Gasteiger partial charge in [0.05, 0.1) is 5.69 Å². The summed E-state index contributed by atoms with van der Waals surface area (Å²) in [6.07, 6.45) is 9.54. The van der Waals surface area contributed by atoms with Gasteiger partial charge in [0, 0.05) is 6.20 Å². The van der Waals surface area contributed by atoms with E-state index < -0.39 is 0 Å². The Hall–Kier alpha value is -1.63. The molecule has 1 nitrogen and oxygen atoms in total. The Morgan fingerprint density at radius 3 is 2.53 bits per heavy atom. The Kier molecular flexibility index (Phi) is 7.97. The third kappa shape index (κ3) is 4.96. The minimum Gasteiger partial charge on any atom is -0.256 e. The van der Waals surface area contributed by atoms with E-state index in [4.69, 9.17) is 0 Å². The summed E-state index contributed by atoms with van der Waals surface area (Å²) >= 11 is 0. The quantitative estimate of drug-likeness (QED) is 0.666. The fraction of sp³-hybridized carbons (Fsp3) is 0.214. The monoisotopic (exact) mass is 201 g/mol. The molecule has 0 radical (unpaired) electrons. The van der Waals surface area contributed by atoms with Gasteiger partial charge < -0.3 is 0 Å². The summed E-state index contributed by atoms with van der Waals surface area (Å²) in [5.74, 6) is 0. The molecule has 0 bridgehead atoms. The lowest BCUT2D eigenvalue weighted by atomic mass is 10.1. The normalized spacial score (nSPS) is 10.7. The third-order valence-electron chi connectivity index (χ3n) is 1.65. The van der Waals surface area contributed by atoms with Crippen molar-refractivity contribution in [1.29, 1.82) is 0 Å². The van der Waals surface area contributed by atoms with Crippen molar-refractivity contribution in [3.8, 4) is 0 Å². The molecule has 0 N–H and O–H groups in total. The van der Waals surface area contributed by atoms with Gasteiger partial charge in [0.1, 0.15) is 0 Å². The first-order valence-corrected chi connectivity index (χ1v) is 5.25. The lowest BCUT2D eigenvalue weighted by Crippen LogP contribution is -1.83. The average Bonchev–Trinajstić information content (AvgIpc) is 2.34. The van der Waals surface area contributed by atoms with E-state index >= 15 is 0 Å². The first-order valence-electron chi connectivity index (χ1n) is 5.25. The highest BCUT2D eigenvalue weighted by Crippen LogP contribution is 2.11. The largest absolute Gasteiger partial charge is 0.256 e. The van der Waals surface area contributed by atoms with Gasteiger partial charge in [0.25, 0.3) is 0 Å². The maximum absolute atomic E-state index is 4.23. The minimum atomic E-state index is 0.954. The second-order valence-electron chi connectivity index (χ2n) is 2.57. The van der Waals surface area contributed by atoms with E-state index in [0.717, 1.165) is 11.3 Å². The zero-order valence-corrected chi connectivity index (χ0v) is 9.77. The van der Waals surface area contributed by atoms with Crippen molar-refractivity contribution >= 4 is 5.57 Å². The van der Waals surface area contributed by atoms with E-state index in [2.05, 4.69) is 11.6 Å². The molecule has 0 aromatic carbocycles. The summed E-state index contributed by atoms with van der Waals surface area (Å²) in [4.78, 5) is 4.23. The van der Waals surface area contributed by atoms with Crippen LogP contribution in [0.4, 0.5) is 0 Å². The molecule has 0 saturated carbocycles. The molecule has 0 amide bonds. The van der Waals surface area contributed by atoms with Crippen molar-refractivity contribution in [1.82, 2.24) is 4.98 Å². The number of aromatic nitrogens is 1. The van der Waals surface area contributed by atoms with Crippen LogP contribution in [0.25, 0.3) is 5.57 Å². The van der Waals surface area contributed by atoms with Crippen molar-refractivity contribution in [2.45, 2.75) is 20.8 Å². The molecule has 1 rings (SSSR count). The summed E-state index contributed by atoms with van der Waals surface area (Å²) < 4.78 is 0. The van der Waals surface area contributed by atoms with Gasteiger partial charge in [0.15, 0.2) is 0 Å². The molecular weight excluding hydrogens is 182 g/mol. The molecule has 15 heavy (non-hydrogen) atoms. The molecular formula is C14H19N. The molecule has 0 saturated heterocycles. The summed E-state index contributed by atoms with van der Waals surface area (Å²) in [7, 11) is 0. The van der Waals surface area contributed by atoms with Crippen LogP contribution < -0.4 is 0 Å². The van der Waals surface area contributed by atoms with Gasteiger partial charge in [-0.1, -0.05) is 50.8 Å². The van der Waals surface area contributed by atoms with Crippen molar-refractivity contribution in [3.63, 3.8) is 0 Å². The number of pyridine rings is 1. The highest BCUT2D eigenvalue weighted by atomic mass is 14.7. The van der Waals surface area contributed by atoms with Gasteiger partial charge in [-0.05, 0) is 24.6 Å². The maximum Gasteiger partial charge on any atom is 0.0701 e. The fourth-order valence-corrected chi connectivity index (χ4v) is 0.991. The van der Waals surface area contributed by atoms with Crippen molar-refractivity contribution < 1.29 is 0 Å². The van der Waals surface area contributed by atoms with Crippen LogP contribution in [0.5, 0.6) is 0 Å². The highest BCUT2D eigenvalue weighted by Gasteiger charge is 1.94. The Bertz CT molecular complexity index is 320. The maximum atomic E-state index is 4.23. The molecule has 0 aliphatic carbocycles. The molecule has 1 heterocycles. The standard InChI is InChI=1S/C12H13N.C2H6/c1-3-5-8-11(4-2)12-9-6-7-10-13-12;1-2/h3-10H,2H2,1H3;1-2H3/b5-3-,11-8+;. The summed E-state index contributed by atoms with van der Waals surface area (Å²) in [5.41, 5.74) is 1.99. The van der Waals surface area contributed by atoms with Gasteiger partial charge in [-0.15, -0.1) is 0 Å². The van der Waals surface area contributed by atoms with Gasteiger partial charge in [0.2, 0.25) is 0 Å². The lowest BCUT2D eigenvalue weighted by molar-refractivity contribution is 1.28. The molecule has 0 unspecified atom stereocenters. The minimum absolute atomic E-state index is 0.954. The summed E-state index contributed by atoms with van der Waals surface area (Å²) in [5, 5.41) is 0. The lowest BCUT2D eigenvalue weighted by Gasteiger charge is -1.98. The summed E-state index contributed by atoms with van der Waals surface area (Å²) in [6, 6.07) is 5.84. The molecule has 1 aromatic heterocycles. The van der Waals surface area contributed by atoms with Crippen LogP contribution in [0.1, 0.15) is 26.5 Å². The molecule has 0 fully saturated rings. The molecule has 1 aromatic rings. The number of allylic oxidation sites excluding steroid dienone is 5. The zero-order valence-electron chi connectivity index (χ0n) is 9.77. The first kappa shape index (κ1) is 13.4. The highest BCUT2D eigenvalue weighted by molar-refractivity contribution is 5.72. The zero-order chi connectivity index (χ0) is 11.5. The molecule has 0 aliphatic heterocycles. The van der Waals surface area contributed by atoms with E-state index in [1.165, 1.54) is 0 Å². The summed E-state index contributed by atoms with van der Waals surface area (Å²) in [6.45, 7) is 9.73. The second-order valence-corrected chi connectivity index (χ2v) is 2.57. The Morgan fingerprint density at radius 2 is 2.07 bits per heavy atom. The van der Waals surface area contributed by atoms with Crippen LogP contribution >= 0.6 is 0 Å². The van der Waals surface area contributed by atoms with Crippen LogP contribution in [-0.2, 0) is 0 Å². The van der Waals surface area contributed by atoms with E-state index in [9.17, 15) is 0 Å². The number of hydrogen-bond donors (Lipinski definition) is 0. The number of rotatable bonds is 3. The van der Waals surface area contributed by atoms with Gasteiger partial charge >= 0.3 is 0 Å². The van der Waals surface area contributed by atoms with Crippen molar-refractivity contribution in [2.24, 2.45) is 0 Å². The smallest absolute Gasteiger partial charge is 0.0701 e. The Morgan fingerprint density at radius 1 is 1.33 bits per heavy atom. The third-order valence-corrected chi connectivity index (χ3v) is 1.65. The Labute approximate surface area is 92.9 Å². The van der Waals surface area contributed by atoms with E-state index in [1.807, 2.05) is 63.3 Å². The van der Waals surface area contributed by atoms with Gasteiger partial charge in [-0.3, -0.25) is 4.98 Å². The predicted molar refractivity (Wildman–Crippen MR) is 68.6 cm³/mol. The second kappa shape index (κ2) is 8.95. The predicted octanol–water partition coefficient (Wildman–Crippen LogP) is 4.25. The SMILES string of the molecule is C=C/C(=C\C=C/C)c1ccccn1.CC. The molecule has 0 spiro atoms. The van der Waals surface area contributed by atoms with E-state index in [0.29, 0.717) is 0 Å². The average molecular weight is 201 g/mol. The number of hydrogen-bond acceptors (Lipinski definition) is 1. The molecule has 0 aliphatic rings.